The van der Waals surface area contributed by atoms with E-state index in [0.29, 0.717) is 6.42 Å². The number of rotatable bonds is 25. The summed E-state index contributed by atoms with van der Waals surface area (Å²) in [7, 11) is 0. The third-order valence-corrected chi connectivity index (χ3v) is 10.1. The SMILES string of the molecule is CCCCCCCCC[C@H](O)[C@H](O)[C@@H]1CC[C@H]([C@@H]2CC[C@H]([C@H](O)CCCCCCCCCCCCC3=C[C@@H](C)OC3=O)O2)O1. The van der Waals surface area contributed by atoms with Crippen LogP contribution >= 0.6 is 0 Å². The molecule has 256 valence electrons. The van der Waals surface area contributed by atoms with E-state index in [1.807, 2.05) is 13.0 Å². The standard InChI is InChI=1S/C37H66O7/c1-3-4-5-6-11-16-19-22-31(39)36(40)35-26-25-34(44-35)33-24-23-32(43-33)30(38)21-18-15-13-10-8-7-9-12-14-17-20-29-27-28(2)42-37(29)41/h27-28,30-36,38-40H,3-26H2,1-2H3/t28-,30-,31+,32-,33+,34-,35+,36+/m1/s1. The molecule has 0 unspecified atom stereocenters. The second-order valence-electron chi connectivity index (χ2n) is 14.0. The first-order valence-electron chi connectivity index (χ1n) is 18.7. The first kappa shape index (κ1) is 37.5. The number of carbonyl (C=O) groups is 1. The summed E-state index contributed by atoms with van der Waals surface area (Å²) in [5.41, 5.74) is 0.861. The van der Waals surface area contributed by atoms with E-state index >= 15 is 0 Å². The molecule has 8 atom stereocenters. The van der Waals surface area contributed by atoms with Crippen molar-refractivity contribution in [3.8, 4) is 0 Å². The van der Waals surface area contributed by atoms with Crippen molar-refractivity contribution in [1.29, 1.82) is 0 Å². The average molecular weight is 623 g/mol. The van der Waals surface area contributed by atoms with E-state index in [9.17, 15) is 20.1 Å². The fourth-order valence-electron chi connectivity index (χ4n) is 7.27. The summed E-state index contributed by atoms with van der Waals surface area (Å²) in [5.74, 6) is -0.125. The Bertz CT molecular complexity index is 801. The minimum Gasteiger partial charge on any atom is -0.455 e. The molecule has 0 aromatic rings. The van der Waals surface area contributed by atoms with Crippen molar-refractivity contribution in [1.82, 2.24) is 0 Å². The molecule has 7 nitrogen and oxygen atoms in total. The van der Waals surface area contributed by atoms with Crippen molar-refractivity contribution in [2.45, 2.75) is 217 Å². The van der Waals surface area contributed by atoms with E-state index in [0.717, 1.165) is 76.2 Å². The van der Waals surface area contributed by atoms with Crippen molar-refractivity contribution in [2.24, 2.45) is 0 Å². The van der Waals surface area contributed by atoms with Gasteiger partial charge in [0.05, 0.1) is 36.6 Å². The lowest BCUT2D eigenvalue weighted by molar-refractivity contribution is -0.139. The Morgan fingerprint density at radius 3 is 1.75 bits per heavy atom. The fraction of sp³-hybridized carbons (Fsp3) is 0.919. The van der Waals surface area contributed by atoms with Crippen LogP contribution in [0.3, 0.4) is 0 Å². The molecule has 0 bridgehead atoms. The third-order valence-electron chi connectivity index (χ3n) is 10.1. The Hall–Kier alpha value is -0.990. The van der Waals surface area contributed by atoms with E-state index in [-0.39, 0.29) is 36.5 Å². The third kappa shape index (κ3) is 13.8. The Morgan fingerprint density at radius 2 is 1.18 bits per heavy atom. The molecular weight excluding hydrogens is 556 g/mol. The molecule has 7 heteroatoms. The van der Waals surface area contributed by atoms with Crippen LogP contribution in [0.5, 0.6) is 0 Å². The van der Waals surface area contributed by atoms with Crippen molar-refractivity contribution >= 4 is 5.97 Å². The number of cyclic esters (lactones) is 1. The summed E-state index contributed by atoms with van der Waals surface area (Å²) in [6.45, 7) is 4.14. The molecule has 2 saturated heterocycles. The second kappa shape index (κ2) is 21.7. The molecule has 0 aliphatic carbocycles. The number of hydrogen-bond donors (Lipinski definition) is 3. The molecule has 0 aromatic heterocycles. The second-order valence-corrected chi connectivity index (χ2v) is 14.0. The summed E-state index contributed by atoms with van der Waals surface area (Å²) in [6.07, 6.45) is 25.4. The highest BCUT2D eigenvalue weighted by molar-refractivity contribution is 5.90. The molecule has 3 aliphatic heterocycles. The van der Waals surface area contributed by atoms with Gasteiger partial charge in [0, 0.05) is 5.57 Å². The zero-order valence-electron chi connectivity index (χ0n) is 28.1. The summed E-state index contributed by atoms with van der Waals surface area (Å²) < 4.78 is 17.6. The van der Waals surface area contributed by atoms with Crippen LogP contribution < -0.4 is 0 Å². The first-order chi connectivity index (χ1) is 21.4. The van der Waals surface area contributed by atoms with Crippen LogP contribution in [0.25, 0.3) is 0 Å². The van der Waals surface area contributed by atoms with Gasteiger partial charge >= 0.3 is 5.97 Å². The van der Waals surface area contributed by atoms with Crippen LogP contribution in [0.2, 0.25) is 0 Å². The Balaban J connectivity index is 1.14. The van der Waals surface area contributed by atoms with Crippen molar-refractivity contribution in [2.75, 3.05) is 0 Å². The zero-order valence-corrected chi connectivity index (χ0v) is 28.1. The lowest BCUT2D eigenvalue weighted by Crippen LogP contribution is -2.39. The minimum absolute atomic E-state index is 0.0212. The van der Waals surface area contributed by atoms with Crippen LogP contribution in [0.15, 0.2) is 11.6 Å². The van der Waals surface area contributed by atoms with Gasteiger partial charge in [-0.3, -0.25) is 0 Å². The molecule has 0 radical (unpaired) electrons. The summed E-state index contributed by atoms with van der Waals surface area (Å²) >= 11 is 0. The Labute approximate surface area is 268 Å². The largest absolute Gasteiger partial charge is 0.455 e. The smallest absolute Gasteiger partial charge is 0.334 e. The van der Waals surface area contributed by atoms with Gasteiger partial charge in [0.15, 0.2) is 0 Å². The van der Waals surface area contributed by atoms with Crippen LogP contribution in [-0.4, -0.2) is 70.1 Å². The zero-order chi connectivity index (χ0) is 31.6. The summed E-state index contributed by atoms with van der Waals surface area (Å²) in [5, 5.41) is 32.0. The van der Waals surface area contributed by atoms with Crippen LogP contribution in [0.1, 0.15) is 168 Å². The Morgan fingerprint density at radius 1 is 0.682 bits per heavy atom. The van der Waals surface area contributed by atoms with Gasteiger partial charge in [0.25, 0.3) is 0 Å². The van der Waals surface area contributed by atoms with Crippen molar-refractivity contribution in [3.05, 3.63) is 11.6 Å². The number of carbonyl (C=O) groups excluding carboxylic acids is 1. The van der Waals surface area contributed by atoms with Gasteiger partial charge in [-0.1, -0.05) is 110 Å². The maximum absolute atomic E-state index is 11.6. The number of hydrogen-bond acceptors (Lipinski definition) is 7. The highest BCUT2D eigenvalue weighted by Gasteiger charge is 2.42. The van der Waals surface area contributed by atoms with E-state index < -0.39 is 18.3 Å². The molecule has 44 heavy (non-hydrogen) atoms. The highest BCUT2D eigenvalue weighted by Crippen LogP contribution is 2.35. The molecule has 3 N–H and O–H groups in total. The molecule has 3 aliphatic rings. The summed E-state index contributed by atoms with van der Waals surface area (Å²) in [6, 6.07) is 0. The summed E-state index contributed by atoms with van der Waals surface area (Å²) in [4.78, 5) is 11.6. The van der Waals surface area contributed by atoms with Crippen molar-refractivity contribution < 1.29 is 34.3 Å². The van der Waals surface area contributed by atoms with Crippen molar-refractivity contribution in [3.63, 3.8) is 0 Å². The molecule has 0 aromatic carbocycles. The lowest BCUT2D eigenvalue weighted by atomic mass is 9.98. The molecule has 0 saturated carbocycles. The molecule has 0 amide bonds. The fourth-order valence-corrected chi connectivity index (χ4v) is 7.27. The average Bonchev–Trinajstić information content (AvgIpc) is 3.77. The van der Waals surface area contributed by atoms with E-state index in [1.165, 1.54) is 77.0 Å². The molecule has 2 fully saturated rings. The Kier molecular flexibility index (Phi) is 18.5. The monoisotopic (exact) mass is 622 g/mol. The van der Waals surface area contributed by atoms with Gasteiger partial charge in [0.1, 0.15) is 12.2 Å². The van der Waals surface area contributed by atoms with Gasteiger partial charge < -0.3 is 29.5 Å². The normalized spacial score (nSPS) is 27.4. The van der Waals surface area contributed by atoms with Gasteiger partial charge in [-0.2, -0.15) is 0 Å². The van der Waals surface area contributed by atoms with Crippen LogP contribution in [0, 0.1) is 0 Å². The van der Waals surface area contributed by atoms with E-state index in [4.69, 9.17) is 14.2 Å². The van der Waals surface area contributed by atoms with Crippen LogP contribution in [0.4, 0.5) is 0 Å². The topological polar surface area (TPSA) is 105 Å². The van der Waals surface area contributed by atoms with E-state index in [2.05, 4.69) is 6.92 Å². The molecule has 3 rings (SSSR count). The lowest BCUT2D eigenvalue weighted by Gasteiger charge is -2.26. The maximum atomic E-state index is 11.6. The van der Waals surface area contributed by atoms with Gasteiger partial charge in [-0.05, 0) is 64.4 Å². The highest BCUT2D eigenvalue weighted by atomic mass is 16.6. The number of ether oxygens (including phenoxy) is 3. The molecule has 0 spiro atoms. The van der Waals surface area contributed by atoms with Gasteiger partial charge in [-0.25, -0.2) is 4.79 Å². The van der Waals surface area contributed by atoms with Gasteiger partial charge in [0.2, 0.25) is 0 Å². The predicted octanol–water partition coefficient (Wildman–Crippen LogP) is 7.86. The van der Waals surface area contributed by atoms with Crippen LogP contribution in [-0.2, 0) is 19.0 Å². The quantitative estimate of drug-likeness (QED) is 0.0703. The van der Waals surface area contributed by atoms with E-state index in [1.54, 1.807) is 0 Å². The first-order valence-corrected chi connectivity index (χ1v) is 18.7. The number of aliphatic hydroxyl groups excluding tert-OH is 3. The van der Waals surface area contributed by atoms with Gasteiger partial charge in [-0.15, -0.1) is 0 Å². The molecule has 3 heterocycles. The number of aliphatic hydroxyl groups is 3. The molecular formula is C37H66O7. The minimum atomic E-state index is -0.833. The predicted molar refractivity (Wildman–Crippen MR) is 175 cm³/mol. The number of unbranched alkanes of at least 4 members (excludes halogenated alkanes) is 15. The number of esters is 1. The maximum Gasteiger partial charge on any atom is 0.334 e.